The smallest absolute Gasteiger partial charge is 0.870 e. The first-order valence-electron chi connectivity index (χ1n) is 3.15. The van der Waals surface area contributed by atoms with Crippen molar-refractivity contribution in [2.45, 2.75) is 12.5 Å². The van der Waals surface area contributed by atoms with Crippen molar-refractivity contribution in [1.82, 2.24) is 10.2 Å². The van der Waals surface area contributed by atoms with Crippen LogP contribution in [0.4, 0.5) is 0 Å². The minimum absolute atomic E-state index is 0. The third-order valence-corrected chi connectivity index (χ3v) is 1.30. The SMILES string of the molecule is NC(Cc1ccn[nH]1)C(=O)[O-].[Al+3].[Mg+2].[OH-].[OH-].[OH-].[OH-]. The molecule has 0 aromatic carbocycles. The zero-order chi connectivity index (χ0) is 8.27. The number of nitrogens with two attached hydrogens (primary N) is 1. The van der Waals surface area contributed by atoms with Crippen LogP contribution in [-0.4, -0.2) is 84.5 Å². The van der Waals surface area contributed by atoms with Gasteiger partial charge in [0.2, 0.25) is 0 Å². The topological polar surface area (TPSA) is 215 Å². The Labute approximate surface area is 124 Å². The molecule has 0 aliphatic carbocycles. The van der Waals surface area contributed by atoms with Crippen molar-refractivity contribution >= 4 is 46.4 Å². The summed E-state index contributed by atoms with van der Waals surface area (Å²) >= 11 is 0. The van der Waals surface area contributed by atoms with Crippen LogP contribution in [-0.2, 0) is 11.2 Å². The number of carbonyl (C=O) groups excluding carboxylic acids is 1. The van der Waals surface area contributed by atoms with Gasteiger partial charge in [0.25, 0.3) is 0 Å². The molecule has 0 fully saturated rings. The summed E-state index contributed by atoms with van der Waals surface area (Å²) in [5.74, 6) is -1.25. The number of carboxylic acids is 1. The Bertz CT molecular complexity index is 250. The molecule has 11 heteroatoms. The molecule has 0 bridgehead atoms. The maximum atomic E-state index is 10.2. The van der Waals surface area contributed by atoms with Gasteiger partial charge in [-0.15, -0.1) is 0 Å². The van der Waals surface area contributed by atoms with Gasteiger partial charge >= 0.3 is 40.4 Å². The van der Waals surface area contributed by atoms with Crippen molar-refractivity contribution in [1.29, 1.82) is 0 Å². The van der Waals surface area contributed by atoms with Crippen molar-refractivity contribution in [2.75, 3.05) is 0 Å². The largest absolute Gasteiger partial charge is 3.00 e. The molecule has 1 atom stereocenters. The third-order valence-electron chi connectivity index (χ3n) is 1.30. The van der Waals surface area contributed by atoms with E-state index >= 15 is 0 Å². The second-order valence-corrected chi connectivity index (χ2v) is 2.21. The van der Waals surface area contributed by atoms with E-state index in [1.165, 1.54) is 6.20 Å². The Morgan fingerprint density at radius 3 is 2.18 bits per heavy atom. The molecule has 92 valence electrons. The van der Waals surface area contributed by atoms with E-state index in [4.69, 9.17) is 5.73 Å². The van der Waals surface area contributed by atoms with E-state index in [0.29, 0.717) is 5.69 Å². The molecule has 0 amide bonds. The number of nitrogens with zero attached hydrogens (tertiary/aromatic N) is 1. The second kappa shape index (κ2) is 18.2. The molecule has 7 N–H and O–H groups in total. The summed E-state index contributed by atoms with van der Waals surface area (Å²) < 4.78 is 0. The zero-order valence-corrected chi connectivity index (χ0v) is 11.4. The van der Waals surface area contributed by atoms with E-state index in [0.717, 1.165) is 0 Å². The van der Waals surface area contributed by atoms with Gasteiger partial charge in [0, 0.05) is 24.4 Å². The summed E-state index contributed by atoms with van der Waals surface area (Å²) in [6.45, 7) is 0. The molecular weight excluding hydrogens is 261 g/mol. The van der Waals surface area contributed by atoms with Crippen molar-refractivity contribution in [3.63, 3.8) is 0 Å². The number of aromatic amines is 1. The molecule has 1 aromatic heterocycles. The minimum atomic E-state index is -1.25. The molecule has 1 aromatic rings. The average molecular weight is 273 g/mol. The monoisotopic (exact) mass is 273 g/mol. The van der Waals surface area contributed by atoms with Gasteiger partial charge in [0.15, 0.2) is 0 Å². The molecular formula is C6H12AlMgN3O6. The van der Waals surface area contributed by atoms with E-state index in [-0.39, 0.29) is 68.7 Å². The second-order valence-electron chi connectivity index (χ2n) is 2.21. The number of nitrogens with one attached hydrogen (secondary N) is 1. The van der Waals surface area contributed by atoms with Crippen LogP contribution in [0.3, 0.4) is 0 Å². The molecule has 17 heavy (non-hydrogen) atoms. The number of aliphatic carboxylic acids is 1. The molecule has 1 heterocycles. The Kier molecular flexibility index (Phi) is 38.4. The zero-order valence-electron chi connectivity index (χ0n) is 8.85. The summed E-state index contributed by atoms with van der Waals surface area (Å²) in [4.78, 5) is 10.2. The van der Waals surface area contributed by atoms with Gasteiger partial charge < -0.3 is 37.5 Å². The number of carbonyl (C=O) groups is 1. The fraction of sp³-hybridized carbons (Fsp3) is 0.333. The Morgan fingerprint density at radius 1 is 1.41 bits per heavy atom. The fourth-order valence-corrected chi connectivity index (χ4v) is 0.719. The molecule has 0 saturated heterocycles. The Morgan fingerprint density at radius 2 is 1.88 bits per heavy atom. The maximum Gasteiger partial charge on any atom is 3.00 e. The first-order valence-corrected chi connectivity index (χ1v) is 3.15. The molecule has 0 aliphatic heterocycles. The molecule has 1 rings (SSSR count). The summed E-state index contributed by atoms with van der Waals surface area (Å²) in [7, 11) is 0. The van der Waals surface area contributed by atoms with Gasteiger partial charge in [-0.3, -0.25) is 5.10 Å². The van der Waals surface area contributed by atoms with Crippen molar-refractivity contribution < 1.29 is 31.8 Å². The van der Waals surface area contributed by atoms with Crippen LogP contribution in [0.5, 0.6) is 0 Å². The first kappa shape index (κ1) is 36.0. The van der Waals surface area contributed by atoms with Crippen molar-refractivity contribution in [3.8, 4) is 0 Å². The van der Waals surface area contributed by atoms with Gasteiger partial charge in [-0.05, 0) is 6.07 Å². The van der Waals surface area contributed by atoms with E-state index in [9.17, 15) is 9.90 Å². The van der Waals surface area contributed by atoms with Crippen LogP contribution >= 0.6 is 0 Å². The van der Waals surface area contributed by atoms with Crippen LogP contribution in [0.2, 0.25) is 0 Å². The van der Waals surface area contributed by atoms with Crippen LogP contribution in [0.25, 0.3) is 0 Å². The summed E-state index contributed by atoms with van der Waals surface area (Å²) in [5.41, 5.74) is 5.89. The summed E-state index contributed by atoms with van der Waals surface area (Å²) in [6, 6.07) is 0.707. The third kappa shape index (κ3) is 13.7. The average Bonchev–Trinajstić information content (AvgIpc) is 2.39. The molecule has 1 unspecified atom stereocenters. The number of aromatic nitrogens is 2. The fourth-order valence-electron chi connectivity index (χ4n) is 0.719. The Balaban J connectivity index is -0.0000000504. The van der Waals surface area contributed by atoms with Crippen LogP contribution in [0, 0.1) is 0 Å². The Hall–Kier alpha value is -0.221. The molecule has 9 nitrogen and oxygen atoms in total. The predicted molar refractivity (Wildman–Crippen MR) is 54.5 cm³/mol. The summed E-state index contributed by atoms with van der Waals surface area (Å²) in [6.07, 6.45) is 1.76. The summed E-state index contributed by atoms with van der Waals surface area (Å²) in [5, 5.41) is 16.4. The molecule has 0 spiro atoms. The number of H-pyrrole nitrogens is 1. The van der Waals surface area contributed by atoms with Gasteiger partial charge in [-0.1, -0.05) is 0 Å². The van der Waals surface area contributed by atoms with Crippen LogP contribution < -0.4 is 10.8 Å². The van der Waals surface area contributed by atoms with Gasteiger partial charge in [0.1, 0.15) is 0 Å². The van der Waals surface area contributed by atoms with Gasteiger partial charge in [-0.2, -0.15) is 5.10 Å². The first-order chi connectivity index (χ1) is 5.20. The van der Waals surface area contributed by atoms with E-state index in [1.54, 1.807) is 6.07 Å². The molecule has 0 saturated carbocycles. The number of hydrogen-bond donors (Lipinski definition) is 2. The van der Waals surface area contributed by atoms with E-state index in [1.807, 2.05) is 0 Å². The van der Waals surface area contributed by atoms with Gasteiger partial charge in [-0.25, -0.2) is 0 Å². The quantitative estimate of drug-likeness (QED) is 0.526. The standard InChI is InChI=1S/C6H9N3O2.Al.Mg.4H2O/c7-5(6(10)11)3-4-1-2-8-9-4;;;;;;/h1-2,5H,3,7H2,(H,8,9)(H,10,11);;;4*1H2/q;+3;+2;;;;/p-5. The predicted octanol–water partition coefficient (Wildman–Crippen LogP) is -3.44. The van der Waals surface area contributed by atoms with Crippen LogP contribution in [0.15, 0.2) is 12.3 Å². The molecule has 0 radical (unpaired) electrons. The number of hydrogen-bond acceptors (Lipinski definition) is 8. The molecule has 0 aliphatic rings. The van der Waals surface area contributed by atoms with E-state index < -0.39 is 12.0 Å². The van der Waals surface area contributed by atoms with E-state index in [2.05, 4.69) is 10.2 Å². The van der Waals surface area contributed by atoms with Crippen molar-refractivity contribution in [3.05, 3.63) is 18.0 Å². The number of carboxylic acid groups (broad SMARTS) is 1. The number of rotatable bonds is 3. The van der Waals surface area contributed by atoms with Gasteiger partial charge in [0.05, 0.1) is 5.97 Å². The van der Waals surface area contributed by atoms with Crippen molar-refractivity contribution in [2.24, 2.45) is 5.73 Å². The van der Waals surface area contributed by atoms with Crippen LogP contribution in [0.1, 0.15) is 5.69 Å². The maximum absolute atomic E-state index is 10.2. The normalized spacial score (nSPS) is 8.29. The minimum Gasteiger partial charge on any atom is -0.870 e.